The highest BCUT2D eigenvalue weighted by molar-refractivity contribution is 5.76. The Bertz CT molecular complexity index is 2970. The molecule has 6 aromatic carbocycles. The van der Waals surface area contributed by atoms with Gasteiger partial charge in [0.2, 0.25) is 5.91 Å². The average Bonchev–Trinajstić information content (AvgIpc) is 0.782. The molecular formula is C90H132N2O11. The number of carbonyl (C=O) groups excluding carboxylic acids is 1. The molecule has 1 saturated heterocycles. The van der Waals surface area contributed by atoms with Crippen molar-refractivity contribution in [3.8, 4) is 11.5 Å². The number of nitrogens with one attached hydrogen (secondary N) is 1. The fourth-order valence-corrected chi connectivity index (χ4v) is 13.8. The molecule has 13 heteroatoms. The molecule has 1 unspecified atom stereocenters. The molecule has 6 aromatic rings. The highest BCUT2D eigenvalue weighted by atomic mass is 16.7. The highest BCUT2D eigenvalue weighted by Gasteiger charge is 2.50. The second kappa shape index (κ2) is 53.7. The van der Waals surface area contributed by atoms with Crippen LogP contribution in [0.5, 0.6) is 11.5 Å². The fourth-order valence-electron chi connectivity index (χ4n) is 13.8. The molecule has 0 spiro atoms. The smallest absolute Gasteiger partial charge is 0.220 e. The zero-order valence-electron chi connectivity index (χ0n) is 64.0. The standard InChI is InChI=1S/C90H132N2O11/c1-6-9-12-15-16-17-18-19-20-21-23-40-53-83(97-67-78-55-59-80(94-4)60-56-78)86(98-71-79-57-61-81(95-5)62-58-79)82(91-85(93)54-41-24-22-27-44-65-92(63-42-25-13-10-7-2)64-43-26-14-11-8-3)72-102-90-89(101-70-77-51-38-31-39-52-77)88(100-69-76-49-36-30-37-50-76)87(99-68-75-47-34-29-35-48-75)84(103-90)73-96-66-74-45-32-28-33-46-74/h28-39,45-52,55-62,82-84,86-90H,6-27,40-44,53-54,63-73H2,1-5H3,(H,91,93)/t82-,83+,84?,86-,87-,88-,89+,90-/m0/s1. The van der Waals surface area contributed by atoms with E-state index < -0.39 is 49.0 Å². The van der Waals surface area contributed by atoms with Gasteiger partial charge in [-0.25, -0.2) is 0 Å². The Balaban J connectivity index is 1.21. The number of benzene rings is 6. The summed E-state index contributed by atoms with van der Waals surface area (Å²) in [5.41, 5.74) is 5.99. The normalized spacial score (nSPS) is 16.9. The Hall–Kier alpha value is -5.97. The first-order valence-corrected chi connectivity index (χ1v) is 40.2. The van der Waals surface area contributed by atoms with E-state index in [4.69, 9.17) is 47.4 Å². The third-order valence-corrected chi connectivity index (χ3v) is 20.0. The Morgan fingerprint density at radius 2 is 0.777 bits per heavy atom. The van der Waals surface area contributed by atoms with E-state index in [1.807, 2.05) is 109 Å². The number of amides is 1. The van der Waals surface area contributed by atoms with Crippen LogP contribution in [0.25, 0.3) is 0 Å². The molecule has 13 nitrogen and oxygen atoms in total. The van der Waals surface area contributed by atoms with Crippen molar-refractivity contribution >= 4 is 5.91 Å². The zero-order chi connectivity index (χ0) is 72.3. The summed E-state index contributed by atoms with van der Waals surface area (Å²) < 4.78 is 68.6. The summed E-state index contributed by atoms with van der Waals surface area (Å²) in [6.45, 7) is 12.3. The predicted octanol–water partition coefficient (Wildman–Crippen LogP) is 21.0. The van der Waals surface area contributed by atoms with Crippen LogP contribution in [0.2, 0.25) is 0 Å². The van der Waals surface area contributed by atoms with Gasteiger partial charge in [0.25, 0.3) is 0 Å². The minimum absolute atomic E-state index is 0.0119. The quantitative estimate of drug-likeness (QED) is 0.0366. The number of hydrogen-bond acceptors (Lipinski definition) is 12. The van der Waals surface area contributed by atoms with Gasteiger partial charge in [0.15, 0.2) is 6.29 Å². The minimum atomic E-state index is -1.04. The van der Waals surface area contributed by atoms with Gasteiger partial charge >= 0.3 is 0 Å². The van der Waals surface area contributed by atoms with Gasteiger partial charge < -0.3 is 57.6 Å². The molecule has 1 amide bonds. The molecule has 0 bridgehead atoms. The van der Waals surface area contributed by atoms with Gasteiger partial charge in [-0.2, -0.15) is 0 Å². The lowest BCUT2D eigenvalue weighted by Crippen LogP contribution is -2.62. The number of hydrogen-bond donors (Lipinski definition) is 1. The van der Waals surface area contributed by atoms with Crippen molar-refractivity contribution in [1.82, 2.24) is 10.2 Å². The first-order valence-electron chi connectivity index (χ1n) is 40.2. The lowest BCUT2D eigenvalue weighted by molar-refractivity contribution is -0.330. The van der Waals surface area contributed by atoms with Crippen molar-refractivity contribution < 1.29 is 52.2 Å². The zero-order valence-corrected chi connectivity index (χ0v) is 64.0. The topological polar surface area (TPSA) is 125 Å². The maximum Gasteiger partial charge on any atom is 0.220 e. The van der Waals surface area contributed by atoms with Gasteiger partial charge in [-0.05, 0) is 109 Å². The van der Waals surface area contributed by atoms with Gasteiger partial charge in [0, 0.05) is 6.42 Å². The SMILES string of the molecule is CCCCCCCCCCCCCC[C@@H](OCc1ccc(OC)cc1)[C@@H](OCc1ccc(OC)cc1)[C@H](CO[C@H]1OC(COCc2ccccc2)[C@H](OCc2ccccc2)[C@H](OCc2ccccc2)[C@H]1OCc1ccccc1)NC(=O)CCCCCCCN(CCCCCCC)CCCCCCC. The van der Waals surface area contributed by atoms with Crippen molar-refractivity contribution in [2.45, 2.75) is 296 Å². The first-order chi connectivity index (χ1) is 50.9. The fraction of sp³-hybridized carbons (Fsp3) is 0.589. The summed E-state index contributed by atoms with van der Waals surface area (Å²) in [5, 5.41) is 3.58. The van der Waals surface area contributed by atoms with Crippen LogP contribution in [-0.4, -0.2) is 107 Å². The van der Waals surface area contributed by atoms with Crippen LogP contribution in [0.4, 0.5) is 0 Å². The number of rotatable bonds is 60. The van der Waals surface area contributed by atoms with Crippen LogP contribution in [0.15, 0.2) is 170 Å². The van der Waals surface area contributed by atoms with Crippen molar-refractivity contribution in [3.63, 3.8) is 0 Å². The molecule has 1 heterocycles. The van der Waals surface area contributed by atoms with E-state index in [0.717, 1.165) is 96.4 Å². The Morgan fingerprint density at radius 1 is 0.398 bits per heavy atom. The van der Waals surface area contributed by atoms with Crippen LogP contribution >= 0.6 is 0 Å². The number of nitrogens with zero attached hydrogens (tertiary/aromatic N) is 1. The Labute approximate surface area is 622 Å². The van der Waals surface area contributed by atoms with E-state index in [-0.39, 0.29) is 38.9 Å². The molecule has 7 rings (SSSR count). The first kappa shape index (κ1) is 84.3. The van der Waals surface area contributed by atoms with Crippen LogP contribution in [0.3, 0.4) is 0 Å². The molecule has 1 N–H and O–H groups in total. The Kier molecular flexibility index (Phi) is 44.0. The summed E-state index contributed by atoms with van der Waals surface area (Å²) in [4.78, 5) is 17.8. The van der Waals surface area contributed by atoms with Crippen LogP contribution in [0, 0.1) is 0 Å². The summed E-state index contributed by atoms with van der Waals surface area (Å²) in [6, 6.07) is 56.1. The van der Waals surface area contributed by atoms with E-state index in [0.29, 0.717) is 32.7 Å². The predicted molar refractivity (Wildman–Crippen MR) is 418 cm³/mol. The lowest BCUT2D eigenvalue weighted by Gasteiger charge is -2.46. The van der Waals surface area contributed by atoms with Crippen molar-refractivity contribution in [2.75, 3.05) is 47.1 Å². The number of methoxy groups -OCH3 is 2. The van der Waals surface area contributed by atoms with E-state index in [1.54, 1.807) is 14.2 Å². The van der Waals surface area contributed by atoms with Crippen LogP contribution in [0.1, 0.15) is 240 Å². The number of carbonyl (C=O) groups is 1. The molecule has 8 atom stereocenters. The number of unbranched alkanes of at least 4 members (excludes halogenated alkanes) is 23. The summed E-state index contributed by atoms with van der Waals surface area (Å²) in [5.74, 6) is 1.48. The van der Waals surface area contributed by atoms with E-state index in [1.165, 1.54) is 142 Å². The third kappa shape index (κ3) is 34.9. The molecule has 1 aliphatic rings. The van der Waals surface area contributed by atoms with Crippen LogP contribution in [-0.2, 0) is 82.3 Å². The minimum Gasteiger partial charge on any atom is -0.497 e. The van der Waals surface area contributed by atoms with E-state index in [9.17, 15) is 0 Å². The van der Waals surface area contributed by atoms with E-state index in [2.05, 4.69) is 91.7 Å². The number of ether oxygens (including phenoxy) is 10. The molecule has 0 aromatic heterocycles. The van der Waals surface area contributed by atoms with Gasteiger partial charge in [0.1, 0.15) is 42.0 Å². The molecular weight excluding hydrogens is 1280 g/mol. The summed E-state index contributed by atoms with van der Waals surface area (Å²) in [6.07, 6.45) is 28.9. The molecule has 1 aliphatic heterocycles. The highest BCUT2D eigenvalue weighted by Crippen LogP contribution is 2.33. The maximum atomic E-state index is 15.1. The average molecular weight is 1420 g/mol. The van der Waals surface area contributed by atoms with Crippen LogP contribution < -0.4 is 14.8 Å². The second-order valence-corrected chi connectivity index (χ2v) is 28.5. The molecule has 568 valence electrons. The van der Waals surface area contributed by atoms with Gasteiger partial charge in [-0.15, -0.1) is 0 Å². The van der Waals surface area contributed by atoms with Crippen molar-refractivity contribution in [3.05, 3.63) is 203 Å². The summed E-state index contributed by atoms with van der Waals surface area (Å²) in [7, 11) is 3.37. The molecule has 0 radical (unpaired) electrons. The van der Waals surface area contributed by atoms with Gasteiger partial charge in [-0.1, -0.05) is 314 Å². The maximum absolute atomic E-state index is 15.1. The third-order valence-electron chi connectivity index (χ3n) is 20.0. The largest absolute Gasteiger partial charge is 0.497 e. The lowest BCUT2D eigenvalue weighted by atomic mass is 9.97. The van der Waals surface area contributed by atoms with Gasteiger partial charge in [0.05, 0.1) is 79.2 Å². The monoisotopic (exact) mass is 1420 g/mol. The Morgan fingerprint density at radius 3 is 1.22 bits per heavy atom. The molecule has 1 fully saturated rings. The second-order valence-electron chi connectivity index (χ2n) is 28.5. The molecule has 103 heavy (non-hydrogen) atoms. The molecule has 0 saturated carbocycles. The van der Waals surface area contributed by atoms with Gasteiger partial charge in [-0.3, -0.25) is 4.79 Å². The van der Waals surface area contributed by atoms with Crippen molar-refractivity contribution in [1.29, 1.82) is 0 Å². The summed E-state index contributed by atoms with van der Waals surface area (Å²) >= 11 is 0. The van der Waals surface area contributed by atoms with Crippen molar-refractivity contribution in [2.24, 2.45) is 0 Å². The molecule has 0 aliphatic carbocycles. The van der Waals surface area contributed by atoms with E-state index >= 15 is 4.79 Å².